The van der Waals surface area contributed by atoms with Gasteiger partial charge in [0.25, 0.3) is 0 Å². The summed E-state index contributed by atoms with van der Waals surface area (Å²) < 4.78 is 19.5. The first kappa shape index (κ1) is 19.7. The summed E-state index contributed by atoms with van der Waals surface area (Å²) in [6.07, 6.45) is 0. The molecule has 1 amide bonds. The molecule has 1 heterocycles. The average molecular weight is 398 g/mol. The van der Waals surface area contributed by atoms with Gasteiger partial charge in [-0.25, -0.2) is 14.2 Å². The molecular formula is C21H19FN2O3S. The van der Waals surface area contributed by atoms with E-state index in [4.69, 9.17) is 4.74 Å². The van der Waals surface area contributed by atoms with Crippen LogP contribution in [0.2, 0.25) is 0 Å². The van der Waals surface area contributed by atoms with Gasteiger partial charge in [0.1, 0.15) is 12.4 Å². The van der Waals surface area contributed by atoms with Crippen molar-refractivity contribution >= 4 is 34.0 Å². The first-order chi connectivity index (χ1) is 13.4. The second-order valence-electron chi connectivity index (χ2n) is 6.32. The molecule has 0 aliphatic rings. The molecule has 0 atom stereocenters. The SMILES string of the molecule is CC(=O)N(c1nc(COC(=O)c2ccc(C)cc2C)cs1)c1ccccc1F. The zero-order valence-electron chi connectivity index (χ0n) is 15.7. The molecule has 0 saturated carbocycles. The molecule has 0 radical (unpaired) electrons. The molecule has 28 heavy (non-hydrogen) atoms. The van der Waals surface area contributed by atoms with Gasteiger partial charge in [0.05, 0.1) is 16.9 Å². The fourth-order valence-electron chi connectivity index (χ4n) is 2.77. The van der Waals surface area contributed by atoms with Crippen LogP contribution in [0.4, 0.5) is 15.2 Å². The number of thiazole rings is 1. The number of benzene rings is 2. The quantitative estimate of drug-likeness (QED) is 0.571. The Bertz CT molecular complexity index is 1030. The van der Waals surface area contributed by atoms with Crippen LogP contribution >= 0.6 is 11.3 Å². The van der Waals surface area contributed by atoms with Crippen LogP contribution < -0.4 is 4.90 Å². The van der Waals surface area contributed by atoms with Crippen LogP contribution in [0, 0.1) is 19.7 Å². The third kappa shape index (κ3) is 4.26. The van der Waals surface area contributed by atoms with Crippen molar-refractivity contribution in [2.24, 2.45) is 0 Å². The molecule has 0 bridgehead atoms. The largest absolute Gasteiger partial charge is 0.456 e. The predicted octanol–water partition coefficient (Wildman–Crippen LogP) is 4.94. The second kappa shape index (κ2) is 8.31. The van der Waals surface area contributed by atoms with E-state index in [2.05, 4.69) is 4.98 Å². The lowest BCUT2D eigenvalue weighted by molar-refractivity contribution is -0.115. The van der Waals surface area contributed by atoms with Gasteiger partial charge in [0, 0.05) is 12.3 Å². The summed E-state index contributed by atoms with van der Waals surface area (Å²) in [7, 11) is 0. The lowest BCUT2D eigenvalue weighted by Gasteiger charge is -2.18. The average Bonchev–Trinajstić information content (AvgIpc) is 3.10. The summed E-state index contributed by atoms with van der Waals surface area (Å²) in [5.74, 6) is -1.32. The number of carbonyl (C=O) groups excluding carboxylic acids is 2. The summed E-state index contributed by atoms with van der Waals surface area (Å²) in [6, 6.07) is 11.5. The van der Waals surface area contributed by atoms with Crippen LogP contribution in [-0.4, -0.2) is 16.9 Å². The van der Waals surface area contributed by atoms with Gasteiger partial charge in [0.2, 0.25) is 5.91 Å². The first-order valence-electron chi connectivity index (χ1n) is 8.61. The number of anilines is 2. The number of ether oxygens (including phenoxy) is 1. The van der Waals surface area contributed by atoms with E-state index >= 15 is 0 Å². The van der Waals surface area contributed by atoms with Gasteiger partial charge in [-0.3, -0.25) is 9.69 Å². The molecule has 0 fully saturated rings. The first-order valence-corrected chi connectivity index (χ1v) is 9.49. The van der Waals surface area contributed by atoms with E-state index in [-0.39, 0.29) is 18.2 Å². The Morgan fingerprint density at radius 3 is 2.61 bits per heavy atom. The van der Waals surface area contributed by atoms with E-state index in [0.29, 0.717) is 16.4 Å². The lowest BCUT2D eigenvalue weighted by atomic mass is 10.1. The minimum atomic E-state index is -0.518. The van der Waals surface area contributed by atoms with Gasteiger partial charge in [0.15, 0.2) is 5.13 Å². The van der Waals surface area contributed by atoms with Crippen LogP contribution in [-0.2, 0) is 16.1 Å². The molecule has 144 valence electrons. The molecule has 0 aliphatic heterocycles. The molecule has 0 unspecified atom stereocenters. The molecule has 0 N–H and O–H groups in total. The van der Waals surface area contributed by atoms with Gasteiger partial charge in [-0.2, -0.15) is 0 Å². The molecular weight excluding hydrogens is 379 g/mol. The minimum absolute atomic E-state index is 0.0360. The number of nitrogens with zero attached hydrogens (tertiary/aromatic N) is 2. The third-order valence-corrected chi connectivity index (χ3v) is 4.97. The molecule has 0 saturated heterocycles. The minimum Gasteiger partial charge on any atom is -0.456 e. The van der Waals surface area contributed by atoms with Crippen molar-refractivity contribution in [3.63, 3.8) is 0 Å². The van der Waals surface area contributed by atoms with Crippen LogP contribution in [0.25, 0.3) is 0 Å². The van der Waals surface area contributed by atoms with Gasteiger partial charge in [-0.1, -0.05) is 29.8 Å². The van der Waals surface area contributed by atoms with Crippen molar-refractivity contribution in [3.8, 4) is 0 Å². The summed E-state index contributed by atoms with van der Waals surface area (Å²) in [6.45, 7) is 5.11. The number of hydrogen-bond acceptors (Lipinski definition) is 5. The molecule has 1 aromatic heterocycles. The van der Waals surface area contributed by atoms with Crippen LogP contribution in [0.5, 0.6) is 0 Å². The second-order valence-corrected chi connectivity index (χ2v) is 7.16. The maximum atomic E-state index is 14.1. The third-order valence-electron chi connectivity index (χ3n) is 4.09. The number of hydrogen-bond donors (Lipinski definition) is 0. The highest BCUT2D eigenvalue weighted by molar-refractivity contribution is 7.14. The Hall–Kier alpha value is -3.06. The molecule has 0 spiro atoms. The molecule has 5 nitrogen and oxygen atoms in total. The smallest absolute Gasteiger partial charge is 0.338 e. The van der Waals surface area contributed by atoms with Crippen molar-refractivity contribution in [2.75, 3.05) is 4.90 Å². The van der Waals surface area contributed by atoms with E-state index in [1.165, 1.54) is 35.3 Å². The van der Waals surface area contributed by atoms with Crippen LogP contribution in [0.3, 0.4) is 0 Å². The molecule has 3 aromatic rings. The van der Waals surface area contributed by atoms with Crippen molar-refractivity contribution in [1.82, 2.24) is 4.98 Å². The predicted molar refractivity (Wildman–Crippen MR) is 106 cm³/mol. The molecule has 3 rings (SSSR count). The monoisotopic (exact) mass is 398 g/mol. The van der Waals surface area contributed by atoms with Crippen molar-refractivity contribution in [2.45, 2.75) is 27.4 Å². The summed E-state index contributed by atoms with van der Waals surface area (Å²) in [4.78, 5) is 29.9. The Balaban J connectivity index is 1.75. The van der Waals surface area contributed by atoms with Gasteiger partial charge < -0.3 is 4.74 Å². The lowest BCUT2D eigenvalue weighted by Crippen LogP contribution is -2.23. The number of aryl methyl sites for hydroxylation is 2. The zero-order valence-corrected chi connectivity index (χ0v) is 16.5. The van der Waals surface area contributed by atoms with E-state index in [1.807, 2.05) is 26.0 Å². The standard InChI is InChI=1S/C21H19FN2O3S/c1-13-8-9-17(14(2)10-13)20(26)27-11-16-12-28-21(23-16)24(15(3)25)19-7-5-4-6-18(19)22/h4-10,12H,11H2,1-3H3. The Morgan fingerprint density at radius 2 is 1.93 bits per heavy atom. The highest BCUT2D eigenvalue weighted by Gasteiger charge is 2.21. The van der Waals surface area contributed by atoms with E-state index < -0.39 is 11.8 Å². The molecule has 7 heteroatoms. The zero-order chi connectivity index (χ0) is 20.3. The summed E-state index contributed by atoms with van der Waals surface area (Å²) in [5.41, 5.74) is 3.02. The highest BCUT2D eigenvalue weighted by Crippen LogP contribution is 2.31. The number of esters is 1. The van der Waals surface area contributed by atoms with Crippen LogP contribution in [0.15, 0.2) is 47.8 Å². The van der Waals surface area contributed by atoms with Crippen molar-refractivity contribution in [3.05, 3.63) is 76.0 Å². The molecule has 0 aliphatic carbocycles. The number of para-hydroxylation sites is 1. The fourth-order valence-corrected chi connectivity index (χ4v) is 3.63. The maximum Gasteiger partial charge on any atom is 0.338 e. The number of amides is 1. The number of rotatable bonds is 5. The van der Waals surface area contributed by atoms with Crippen LogP contribution in [0.1, 0.15) is 34.1 Å². The Labute approximate surface area is 166 Å². The van der Waals surface area contributed by atoms with E-state index in [0.717, 1.165) is 11.1 Å². The topological polar surface area (TPSA) is 59.5 Å². The highest BCUT2D eigenvalue weighted by atomic mass is 32.1. The van der Waals surface area contributed by atoms with E-state index in [1.54, 1.807) is 23.6 Å². The number of carbonyl (C=O) groups is 2. The summed E-state index contributed by atoms with van der Waals surface area (Å²) >= 11 is 1.18. The summed E-state index contributed by atoms with van der Waals surface area (Å²) in [5, 5.41) is 2.00. The molecule has 2 aromatic carbocycles. The maximum absolute atomic E-state index is 14.1. The van der Waals surface area contributed by atoms with E-state index in [9.17, 15) is 14.0 Å². The van der Waals surface area contributed by atoms with Gasteiger partial charge in [-0.15, -0.1) is 11.3 Å². The normalized spacial score (nSPS) is 10.6. The number of aromatic nitrogens is 1. The van der Waals surface area contributed by atoms with Crippen molar-refractivity contribution < 1.29 is 18.7 Å². The Kier molecular flexibility index (Phi) is 5.84. The fraction of sp³-hybridized carbons (Fsp3) is 0.190. The van der Waals surface area contributed by atoms with Gasteiger partial charge in [-0.05, 0) is 37.6 Å². The van der Waals surface area contributed by atoms with Gasteiger partial charge >= 0.3 is 5.97 Å². The van der Waals surface area contributed by atoms with Crippen molar-refractivity contribution in [1.29, 1.82) is 0 Å². The number of halogens is 1. The Morgan fingerprint density at radius 1 is 1.18 bits per heavy atom.